The number of carbonyl (C=O) groups is 1. The van der Waals surface area contributed by atoms with Crippen molar-refractivity contribution < 1.29 is 14.6 Å². The highest BCUT2D eigenvalue weighted by Crippen LogP contribution is 2.25. The van der Waals surface area contributed by atoms with Crippen molar-refractivity contribution in [2.45, 2.75) is 12.1 Å². The van der Waals surface area contributed by atoms with Crippen molar-refractivity contribution in [3.63, 3.8) is 0 Å². The summed E-state index contributed by atoms with van der Waals surface area (Å²) in [5.41, 5.74) is 0.929. The van der Waals surface area contributed by atoms with Crippen molar-refractivity contribution in [2.75, 3.05) is 32.9 Å². The molecule has 7 heteroatoms. The molecule has 1 saturated heterocycles. The van der Waals surface area contributed by atoms with E-state index < -0.39 is 5.54 Å². The number of thiophene rings is 1. The maximum Gasteiger partial charge on any atom is 0.271 e. The molecule has 0 bridgehead atoms. The number of nitrogens with zero attached hydrogens (tertiary/aromatic N) is 2. The summed E-state index contributed by atoms with van der Waals surface area (Å²) in [5, 5.41) is 16.2. The Hall–Kier alpha value is -2.32. The Labute approximate surface area is 167 Å². The van der Waals surface area contributed by atoms with Gasteiger partial charge < -0.3 is 15.2 Å². The van der Waals surface area contributed by atoms with E-state index in [9.17, 15) is 9.90 Å². The normalized spacial score (nSPS) is 20.3. The van der Waals surface area contributed by atoms with Crippen molar-refractivity contribution in [1.29, 1.82) is 0 Å². The average Bonchev–Trinajstić information content (AvgIpc) is 3.23. The molecular formula is C21H23N3O3S. The van der Waals surface area contributed by atoms with Gasteiger partial charge in [-0.3, -0.25) is 9.69 Å². The van der Waals surface area contributed by atoms with Gasteiger partial charge in [-0.15, -0.1) is 11.3 Å². The zero-order chi connectivity index (χ0) is 19.4. The van der Waals surface area contributed by atoms with E-state index in [0.717, 1.165) is 10.1 Å². The lowest BCUT2D eigenvalue weighted by Gasteiger charge is -2.46. The Morgan fingerprint density at radius 2 is 2.14 bits per heavy atom. The Morgan fingerprint density at radius 3 is 2.96 bits per heavy atom. The number of nitrogens with one attached hydrogen (secondary N) is 1. The van der Waals surface area contributed by atoms with Crippen LogP contribution in [-0.2, 0) is 11.3 Å². The van der Waals surface area contributed by atoms with Gasteiger partial charge in [0, 0.05) is 25.8 Å². The smallest absolute Gasteiger partial charge is 0.271 e. The van der Waals surface area contributed by atoms with Crippen LogP contribution in [-0.4, -0.2) is 59.3 Å². The molecule has 2 N–H and O–H groups in total. The minimum Gasteiger partial charge on any atom is -0.394 e. The van der Waals surface area contributed by atoms with Crippen molar-refractivity contribution in [2.24, 2.45) is 0 Å². The summed E-state index contributed by atoms with van der Waals surface area (Å²) in [4.78, 5) is 19.3. The minimum atomic E-state index is -0.660. The van der Waals surface area contributed by atoms with Gasteiger partial charge in [-0.1, -0.05) is 30.3 Å². The minimum absolute atomic E-state index is 0.100. The van der Waals surface area contributed by atoms with Gasteiger partial charge in [0.2, 0.25) is 0 Å². The summed E-state index contributed by atoms with van der Waals surface area (Å²) in [5.74, 6) is -0.230. The highest BCUT2D eigenvalue weighted by atomic mass is 32.1. The fraction of sp³-hybridized carbons (Fsp3) is 0.333. The Kier molecular flexibility index (Phi) is 5.68. The van der Waals surface area contributed by atoms with E-state index >= 15 is 0 Å². The molecule has 0 saturated carbocycles. The Balaban J connectivity index is 1.51. The van der Waals surface area contributed by atoms with Crippen molar-refractivity contribution >= 4 is 27.3 Å². The number of morpholine rings is 1. The van der Waals surface area contributed by atoms with Crippen LogP contribution in [0, 0.1) is 0 Å². The number of ether oxygens (including phenoxy) is 1. The van der Waals surface area contributed by atoms with E-state index in [-0.39, 0.29) is 12.5 Å². The molecule has 0 radical (unpaired) electrons. The second-order valence-corrected chi connectivity index (χ2v) is 7.94. The summed E-state index contributed by atoms with van der Waals surface area (Å²) in [6.45, 7) is 2.56. The number of fused-ring (bicyclic) bond motifs is 1. The zero-order valence-corrected chi connectivity index (χ0v) is 16.3. The largest absolute Gasteiger partial charge is 0.394 e. The zero-order valence-electron chi connectivity index (χ0n) is 15.5. The van der Waals surface area contributed by atoms with Gasteiger partial charge >= 0.3 is 0 Å². The maximum absolute atomic E-state index is 12.8. The molecule has 2 aromatic heterocycles. The van der Waals surface area contributed by atoms with Crippen molar-refractivity contribution in [3.05, 3.63) is 65.3 Å². The molecule has 6 nitrogen and oxygen atoms in total. The molecule has 0 aliphatic carbocycles. The quantitative estimate of drug-likeness (QED) is 0.668. The first-order valence-electron chi connectivity index (χ1n) is 9.30. The number of carbonyl (C=O) groups excluding carboxylic acids is 1. The predicted octanol–water partition coefficient (Wildman–Crippen LogP) is 2.29. The van der Waals surface area contributed by atoms with E-state index in [1.807, 2.05) is 35.7 Å². The third-order valence-electron chi connectivity index (χ3n) is 5.22. The summed E-state index contributed by atoms with van der Waals surface area (Å²) in [7, 11) is 0. The fourth-order valence-corrected chi connectivity index (χ4v) is 4.44. The average molecular weight is 398 g/mol. The number of amides is 1. The summed E-state index contributed by atoms with van der Waals surface area (Å²) in [6.07, 6.45) is 1.65. The molecule has 1 fully saturated rings. The molecular weight excluding hydrogens is 374 g/mol. The molecule has 1 atom stereocenters. The second-order valence-electron chi connectivity index (χ2n) is 7.02. The number of hydrogen-bond acceptors (Lipinski definition) is 6. The van der Waals surface area contributed by atoms with Crippen LogP contribution in [0.2, 0.25) is 0 Å². The van der Waals surface area contributed by atoms with Crippen molar-refractivity contribution in [1.82, 2.24) is 15.2 Å². The number of aliphatic hydroxyl groups excluding tert-OH is 1. The lowest BCUT2D eigenvalue weighted by atomic mass is 9.96. The summed E-state index contributed by atoms with van der Waals surface area (Å²) >= 11 is 1.50. The molecule has 3 aromatic rings. The highest BCUT2D eigenvalue weighted by Gasteiger charge is 2.39. The predicted molar refractivity (Wildman–Crippen MR) is 109 cm³/mol. The molecule has 28 heavy (non-hydrogen) atoms. The molecule has 0 unspecified atom stereocenters. The lowest BCUT2D eigenvalue weighted by molar-refractivity contribution is -0.0934. The highest BCUT2D eigenvalue weighted by molar-refractivity contribution is 7.17. The van der Waals surface area contributed by atoms with E-state index in [4.69, 9.17) is 4.74 Å². The van der Waals surface area contributed by atoms with Gasteiger partial charge in [0.25, 0.3) is 5.91 Å². The molecule has 0 spiro atoms. The standard InChI is InChI=1S/C21H23N3O3S/c25-14-21(15-27-10-9-24(21)12-16-4-2-1-3-5-16)13-23-20(26)18-19-17(6-8-22-18)7-11-28-19/h1-8,11,25H,9-10,12-15H2,(H,23,26)/t21-/m0/s1. The monoisotopic (exact) mass is 397 g/mol. The first-order valence-corrected chi connectivity index (χ1v) is 10.2. The van der Waals surface area contributed by atoms with Crippen LogP contribution in [0.15, 0.2) is 54.0 Å². The maximum atomic E-state index is 12.8. The first-order chi connectivity index (χ1) is 13.7. The number of aliphatic hydroxyl groups is 1. The van der Waals surface area contributed by atoms with E-state index in [0.29, 0.717) is 38.5 Å². The van der Waals surface area contributed by atoms with Crippen LogP contribution in [0.3, 0.4) is 0 Å². The van der Waals surface area contributed by atoms with Gasteiger partial charge in [-0.05, 0) is 28.5 Å². The van der Waals surface area contributed by atoms with E-state index in [1.165, 1.54) is 16.9 Å². The number of rotatable bonds is 6. The fourth-order valence-electron chi connectivity index (χ4n) is 3.56. The molecule has 1 aromatic carbocycles. The topological polar surface area (TPSA) is 74.7 Å². The molecule has 1 amide bonds. The number of pyridine rings is 1. The first kappa shape index (κ1) is 19.0. The van der Waals surface area contributed by atoms with Crippen LogP contribution in [0.4, 0.5) is 0 Å². The third kappa shape index (κ3) is 3.79. The molecule has 1 aliphatic heterocycles. The molecule has 4 rings (SSSR count). The molecule has 1 aliphatic rings. The number of aromatic nitrogens is 1. The molecule has 3 heterocycles. The second kappa shape index (κ2) is 8.36. The van der Waals surface area contributed by atoms with E-state index in [1.54, 1.807) is 6.20 Å². The summed E-state index contributed by atoms with van der Waals surface area (Å²) < 4.78 is 6.55. The van der Waals surface area contributed by atoms with Crippen molar-refractivity contribution in [3.8, 4) is 0 Å². The van der Waals surface area contributed by atoms with Gasteiger partial charge in [0.1, 0.15) is 5.69 Å². The number of benzene rings is 1. The van der Waals surface area contributed by atoms with Gasteiger partial charge in [-0.25, -0.2) is 4.98 Å². The third-order valence-corrected chi connectivity index (χ3v) is 6.16. The van der Waals surface area contributed by atoms with E-state index in [2.05, 4.69) is 27.3 Å². The summed E-state index contributed by atoms with van der Waals surface area (Å²) in [6, 6.07) is 14.0. The Bertz CT molecular complexity index is 946. The van der Waals surface area contributed by atoms with Gasteiger partial charge in [0.05, 0.1) is 30.1 Å². The van der Waals surface area contributed by atoms with Gasteiger partial charge in [-0.2, -0.15) is 0 Å². The van der Waals surface area contributed by atoms with Crippen LogP contribution < -0.4 is 5.32 Å². The van der Waals surface area contributed by atoms with Crippen LogP contribution in [0.25, 0.3) is 10.1 Å². The van der Waals surface area contributed by atoms with Crippen LogP contribution in [0.5, 0.6) is 0 Å². The SMILES string of the molecule is O=C(NC[C@]1(CO)COCCN1Cc1ccccc1)c1nccc2ccsc12. The van der Waals surface area contributed by atoms with Crippen LogP contribution in [0.1, 0.15) is 16.1 Å². The van der Waals surface area contributed by atoms with Crippen LogP contribution >= 0.6 is 11.3 Å². The lowest BCUT2D eigenvalue weighted by Crippen LogP contribution is -2.64. The number of hydrogen-bond donors (Lipinski definition) is 2. The Morgan fingerprint density at radius 1 is 1.29 bits per heavy atom. The molecule has 146 valence electrons. The van der Waals surface area contributed by atoms with Gasteiger partial charge in [0.15, 0.2) is 0 Å².